The minimum atomic E-state index is 0.326. The Labute approximate surface area is 121 Å². The third-order valence-corrected chi connectivity index (χ3v) is 4.60. The standard InChI is InChI=1S/C15H26N4O/c1-11-7-19(12(2)10-20-3)15(17-11)18-8-13-5-4-6-16-14(13)9-18/h7,12-14,16H,4-6,8-10H2,1-3H3. The van der Waals surface area contributed by atoms with Crippen molar-refractivity contribution in [2.75, 3.05) is 38.3 Å². The first-order valence-electron chi connectivity index (χ1n) is 7.71. The highest BCUT2D eigenvalue weighted by atomic mass is 16.5. The third-order valence-electron chi connectivity index (χ3n) is 4.60. The number of methoxy groups -OCH3 is 1. The molecule has 5 heteroatoms. The highest BCUT2D eigenvalue weighted by Crippen LogP contribution is 2.30. The van der Waals surface area contributed by atoms with Gasteiger partial charge in [-0.3, -0.25) is 0 Å². The molecule has 112 valence electrons. The monoisotopic (exact) mass is 278 g/mol. The lowest BCUT2D eigenvalue weighted by atomic mass is 9.94. The predicted octanol–water partition coefficient (Wildman–Crippen LogP) is 1.59. The lowest BCUT2D eigenvalue weighted by Crippen LogP contribution is -2.40. The molecule has 1 aromatic rings. The van der Waals surface area contributed by atoms with Crippen LogP contribution in [0, 0.1) is 12.8 Å². The van der Waals surface area contributed by atoms with Gasteiger partial charge in [-0.2, -0.15) is 0 Å². The maximum absolute atomic E-state index is 5.30. The Balaban J connectivity index is 1.80. The molecule has 1 N–H and O–H groups in total. The summed E-state index contributed by atoms with van der Waals surface area (Å²) >= 11 is 0. The zero-order valence-corrected chi connectivity index (χ0v) is 12.8. The maximum atomic E-state index is 5.30. The van der Waals surface area contributed by atoms with E-state index in [1.165, 1.54) is 19.4 Å². The number of aromatic nitrogens is 2. The first kappa shape index (κ1) is 13.9. The lowest BCUT2D eigenvalue weighted by molar-refractivity contribution is 0.162. The average Bonchev–Trinajstić information content (AvgIpc) is 3.01. The molecule has 0 aliphatic carbocycles. The zero-order valence-electron chi connectivity index (χ0n) is 12.8. The number of rotatable bonds is 4. The Morgan fingerprint density at radius 1 is 1.50 bits per heavy atom. The van der Waals surface area contributed by atoms with Crippen molar-refractivity contribution >= 4 is 5.95 Å². The minimum absolute atomic E-state index is 0.326. The predicted molar refractivity (Wildman–Crippen MR) is 80.3 cm³/mol. The number of piperidine rings is 1. The van der Waals surface area contributed by atoms with Gasteiger partial charge in [0.25, 0.3) is 0 Å². The summed E-state index contributed by atoms with van der Waals surface area (Å²) in [5.74, 6) is 1.90. The molecule has 2 saturated heterocycles. The Morgan fingerprint density at radius 3 is 3.10 bits per heavy atom. The second-order valence-electron chi connectivity index (χ2n) is 6.26. The van der Waals surface area contributed by atoms with Gasteiger partial charge in [-0.25, -0.2) is 4.98 Å². The van der Waals surface area contributed by atoms with Gasteiger partial charge in [0.1, 0.15) is 0 Å². The molecular formula is C15H26N4O. The number of nitrogens with zero attached hydrogens (tertiary/aromatic N) is 3. The van der Waals surface area contributed by atoms with Crippen LogP contribution >= 0.6 is 0 Å². The quantitative estimate of drug-likeness (QED) is 0.908. The summed E-state index contributed by atoms with van der Waals surface area (Å²) in [5.41, 5.74) is 1.09. The topological polar surface area (TPSA) is 42.3 Å². The zero-order chi connectivity index (χ0) is 14.1. The van der Waals surface area contributed by atoms with E-state index in [2.05, 4.69) is 34.8 Å². The van der Waals surface area contributed by atoms with Crippen molar-refractivity contribution < 1.29 is 4.74 Å². The molecule has 0 saturated carbocycles. The molecule has 5 nitrogen and oxygen atoms in total. The van der Waals surface area contributed by atoms with Gasteiger partial charge in [0.15, 0.2) is 0 Å². The minimum Gasteiger partial charge on any atom is -0.383 e. The van der Waals surface area contributed by atoms with Crippen LogP contribution in [0.3, 0.4) is 0 Å². The van der Waals surface area contributed by atoms with E-state index >= 15 is 0 Å². The molecule has 0 radical (unpaired) electrons. The molecule has 0 aromatic carbocycles. The van der Waals surface area contributed by atoms with E-state index in [0.29, 0.717) is 12.1 Å². The van der Waals surface area contributed by atoms with Crippen molar-refractivity contribution in [3.63, 3.8) is 0 Å². The summed E-state index contributed by atoms with van der Waals surface area (Å²) in [6, 6.07) is 0.971. The normalized spacial score (nSPS) is 27.6. The van der Waals surface area contributed by atoms with Crippen molar-refractivity contribution in [2.24, 2.45) is 5.92 Å². The molecule has 2 aliphatic heterocycles. The van der Waals surface area contributed by atoms with Crippen LogP contribution in [-0.4, -0.2) is 48.9 Å². The summed E-state index contributed by atoms with van der Waals surface area (Å²) in [5, 5.41) is 3.66. The number of imidazole rings is 1. The summed E-state index contributed by atoms with van der Waals surface area (Å²) in [6.07, 6.45) is 4.80. The average molecular weight is 278 g/mol. The number of ether oxygens (including phenoxy) is 1. The van der Waals surface area contributed by atoms with Crippen LogP contribution in [0.25, 0.3) is 0 Å². The van der Waals surface area contributed by atoms with Gasteiger partial charge in [0, 0.05) is 32.4 Å². The number of fused-ring (bicyclic) bond motifs is 1. The van der Waals surface area contributed by atoms with Crippen molar-refractivity contribution in [1.82, 2.24) is 14.9 Å². The summed E-state index contributed by atoms with van der Waals surface area (Å²) in [6.45, 7) is 8.37. The second-order valence-corrected chi connectivity index (χ2v) is 6.26. The fraction of sp³-hybridized carbons (Fsp3) is 0.800. The van der Waals surface area contributed by atoms with E-state index in [1.54, 1.807) is 7.11 Å². The molecule has 0 amide bonds. The van der Waals surface area contributed by atoms with Crippen molar-refractivity contribution in [3.05, 3.63) is 11.9 Å². The van der Waals surface area contributed by atoms with Gasteiger partial charge in [-0.05, 0) is 39.2 Å². The van der Waals surface area contributed by atoms with Crippen molar-refractivity contribution in [1.29, 1.82) is 0 Å². The number of hydrogen-bond acceptors (Lipinski definition) is 4. The molecular weight excluding hydrogens is 252 g/mol. The molecule has 1 aromatic heterocycles. The van der Waals surface area contributed by atoms with Crippen LogP contribution in [0.4, 0.5) is 5.95 Å². The van der Waals surface area contributed by atoms with Crippen LogP contribution in [0.1, 0.15) is 31.5 Å². The van der Waals surface area contributed by atoms with Gasteiger partial charge in [0.2, 0.25) is 5.95 Å². The summed E-state index contributed by atoms with van der Waals surface area (Å²) in [4.78, 5) is 7.21. The van der Waals surface area contributed by atoms with Crippen molar-refractivity contribution in [2.45, 2.75) is 38.8 Å². The van der Waals surface area contributed by atoms with Gasteiger partial charge in [-0.1, -0.05) is 0 Å². The Bertz CT molecular complexity index is 445. The van der Waals surface area contributed by atoms with E-state index in [1.807, 2.05) is 0 Å². The van der Waals surface area contributed by atoms with Gasteiger partial charge in [-0.15, -0.1) is 0 Å². The van der Waals surface area contributed by atoms with Crippen LogP contribution in [0.5, 0.6) is 0 Å². The van der Waals surface area contributed by atoms with Crippen LogP contribution in [-0.2, 0) is 4.74 Å². The number of aryl methyl sites for hydroxylation is 1. The summed E-state index contributed by atoms with van der Waals surface area (Å²) in [7, 11) is 1.76. The Hall–Kier alpha value is -1.07. The molecule has 0 spiro atoms. The molecule has 3 heterocycles. The van der Waals surface area contributed by atoms with E-state index in [4.69, 9.17) is 9.72 Å². The first-order valence-corrected chi connectivity index (χ1v) is 7.71. The number of anilines is 1. The maximum Gasteiger partial charge on any atom is 0.206 e. The SMILES string of the molecule is COCC(C)n1cc(C)nc1N1CC2CCCNC2C1. The Morgan fingerprint density at radius 2 is 2.35 bits per heavy atom. The van der Waals surface area contributed by atoms with Crippen LogP contribution in [0.15, 0.2) is 6.20 Å². The molecule has 2 fully saturated rings. The summed E-state index contributed by atoms with van der Waals surface area (Å²) < 4.78 is 7.57. The largest absolute Gasteiger partial charge is 0.383 e. The fourth-order valence-electron chi connectivity index (χ4n) is 3.59. The van der Waals surface area contributed by atoms with E-state index in [9.17, 15) is 0 Å². The fourth-order valence-corrected chi connectivity index (χ4v) is 3.59. The molecule has 3 atom stereocenters. The highest BCUT2D eigenvalue weighted by molar-refractivity contribution is 5.37. The lowest BCUT2D eigenvalue weighted by Gasteiger charge is -2.24. The second kappa shape index (κ2) is 5.74. The van der Waals surface area contributed by atoms with Gasteiger partial charge in [0.05, 0.1) is 18.3 Å². The Kier molecular flexibility index (Phi) is 3.98. The third kappa shape index (κ3) is 2.56. The molecule has 3 rings (SSSR count). The highest BCUT2D eigenvalue weighted by Gasteiger charge is 2.36. The molecule has 20 heavy (non-hydrogen) atoms. The van der Waals surface area contributed by atoms with Gasteiger partial charge < -0.3 is 19.5 Å². The van der Waals surface area contributed by atoms with E-state index < -0.39 is 0 Å². The van der Waals surface area contributed by atoms with Crippen LogP contribution in [0.2, 0.25) is 0 Å². The first-order chi connectivity index (χ1) is 9.69. The van der Waals surface area contributed by atoms with Gasteiger partial charge >= 0.3 is 0 Å². The van der Waals surface area contributed by atoms with E-state index in [-0.39, 0.29) is 0 Å². The smallest absolute Gasteiger partial charge is 0.206 e. The molecule has 3 unspecified atom stereocenters. The molecule has 0 bridgehead atoms. The number of hydrogen-bond donors (Lipinski definition) is 1. The van der Waals surface area contributed by atoms with Crippen molar-refractivity contribution in [3.8, 4) is 0 Å². The number of nitrogens with one attached hydrogen (secondary N) is 1. The molecule has 2 aliphatic rings. The van der Waals surface area contributed by atoms with E-state index in [0.717, 1.165) is 37.3 Å². The van der Waals surface area contributed by atoms with Crippen LogP contribution < -0.4 is 10.2 Å².